The smallest absolute Gasteiger partial charge is 0.252 e. The second-order valence-electron chi connectivity index (χ2n) is 8.83. The molecule has 0 spiro atoms. The Hall–Kier alpha value is -3.68. The Labute approximate surface area is 205 Å². The van der Waals surface area contributed by atoms with Crippen LogP contribution in [0.5, 0.6) is 5.75 Å². The van der Waals surface area contributed by atoms with Crippen LogP contribution in [0.25, 0.3) is 0 Å². The molecule has 0 radical (unpaired) electrons. The Morgan fingerprint density at radius 2 is 1.77 bits per heavy atom. The molecule has 1 aliphatic rings. The number of nitrogens with one attached hydrogen (secondary N) is 2. The first-order chi connectivity index (χ1) is 17.0. The van der Waals surface area contributed by atoms with Gasteiger partial charge in [0.25, 0.3) is 11.8 Å². The number of hydrogen-bond donors (Lipinski definition) is 3. The average Bonchev–Trinajstić information content (AvgIpc) is 3.34. The molecule has 1 heterocycles. The summed E-state index contributed by atoms with van der Waals surface area (Å²) in [6.45, 7) is 3.09. The minimum absolute atomic E-state index is 0.310. The first kappa shape index (κ1) is 24.4. The molecule has 182 valence electrons. The van der Waals surface area contributed by atoms with Crippen LogP contribution in [0, 0.1) is 0 Å². The molecule has 4 rings (SSSR count). The van der Waals surface area contributed by atoms with Crippen molar-refractivity contribution in [2.24, 2.45) is 5.73 Å². The van der Waals surface area contributed by atoms with Crippen LogP contribution < -0.4 is 21.1 Å². The van der Waals surface area contributed by atoms with Crippen molar-refractivity contribution in [3.8, 4) is 5.75 Å². The molecule has 0 aliphatic carbocycles. The fraction of sp³-hybridized carbons (Fsp3) is 0.286. The summed E-state index contributed by atoms with van der Waals surface area (Å²) in [6, 6.07) is 23.5. The van der Waals surface area contributed by atoms with E-state index in [9.17, 15) is 9.59 Å². The number of rotatable bonds is 9. The van der Waals surface area contributed by atoms with Crippen LogP contribution in [0.2, 0.25) is 0 Å². The minimum Gasteiger partial charge on any atom is -0.489 e. The molecule has 3 aromatic carbocycles. The lowest BCUT2D eigenvalue weighted by atomic mass is 9.99. The van der Waals surface area contributed by atoms with E-state index in [2.05, 4.69) is 10.6 Å². The Morgan fingerprint density at radius 3 is 2.46 bits per heavy atom. The first-order valence-corrected chi connectivity index (χ1v) is 11.8. The van der Waals surface area contributed by atoms with Gasteiger partial charge in [0.2, 0.25) is 0 Å². The van der Waals surface area contributed by atoms with E-state index in [1.165, 1.54) is 0 Å². The van der Waals surface area contributed by atoms with Crippen LogP contribution in [0.15, 0.2) is 78.9 Å². The molecule has 3 aromatic rings. The summed E-state index contributed by atoms with van der Waals surface area (Å²) in [5.41, 5.74) is 8.00. The van der Waals surface area contributed by atoms with Crippen molar-refractivity contribution in [2.75, 3.05) is 11.9 Å². The van der Waals surface area contributed by atoms with Gasteiger partial charge in [-0.1, -0.05) is 54.6 Å². The minimum atomic E-state index is -0.948. The van der Waals surface area contributed by atoms with Gasteiger partial charge in [0.05, 0.1) is 0 Å². The predicted molar refractivity (Wildman–Crippen MR) is 135 cm³/mol. The Morgan fingerprint density at radius 1 is 1.03 bits per heavy atom. The molecule has 2 amide bonds. The van der Waals surface area contributed by atoms with E-state index < -0.39 is 11.6 Å². The second kappa shape index (κ2) is 11.2. The quantitative estimate of drug-likeness (QED) is 0.434. The summed E-state index contributed by atoms with van der Waals surface area (Å²) in [5.74, 6) is 0.00663. The molecule has 1 fully saturated rings. The lowest BCUT2D eigenvalue weighted by Gasteiger charge is -2.26. The Bertz CT molecular complexity index is 1140. The van der Waals surface area contributed by atoms with Crippen LogP contribution in [-0.4, -0.2) is 24.0 Å². The van der Waals surface area contributed by atoms with Crippen molar-refractivity contribution in [2.45, 2.75) is 44.6 Å². The third-order valence-corrected chi connectivity index (χ3v) is 6.13. The number of anilines is 1. The summed E-state index contributed by atoms with van der Waals surface area (Å²) in [4.78, 5) is 26.4. The Kier molecular flexibility index (Phi) is 7.80. The lowest BCUT2D eigenvalue weighted by Crippen LogP contribution is -2.48. The van der Waals surface area contributed by atoms with E-state index in [1.54, 1.807) is 37.3 Å². The molecule has 0 aromatic heterocycles. The molecule has 35 heavy (non-hydrogen) atoms. The van der Waals surface area contributed by atoms with Crippen LogP contribution in [0.3, 0.4) is 0 Å². The van der Waals surface area contributed by atoms with Gasteiger partial charge in [-0.3, -0.25) is 9.59 Å². The number of hydrogen-bond acceptors (Lipinski definition) is 5. The fourth-order valence-corrected chi connectivity index (χ4v) is 4.03. The van der Waals surface area contributed by atoms with Gasteiger partial charge in [-0.15, -0.1) is 0 Å². The maximum absolute atomic E-state index is 13.3. The lowest BCUT2D eigenvalue weighted by molar-refractivity contribution is -0.141. The maximum Gasteiger partial charge on any atom is 0.252 e. The van der Waals surface area contributed by atoms with Crippen LogP contribution in [0.1, 0.15) is 42.5 Å². The predicted octanol–water partition coefficient (Wildman–Crippen LogP) is 4.09. The second-order valence-corrected chi connectivity index (χ2v) is 8.83. The molecule has 4 N–H and O–H groups in total. The van der Waals surface area contributed by atoms with E-state index in [1.807, 2.05) is 48.5 Å². The van der Waals surface area contributed by atoms with Crippen LogP contribution in [0.4, 0.5) is 5.69 Å². The molecule has 0 unspecified atom stereocenters. The highest BCUT2D eigenvalue weighted by atomic mass is 16.5. The molecule has 2 atom stereocenters. The topological polar surface area (TPSA) is 103 Å². The third kappa shape index (κ3) is 6.26. The fourth-order valence-electron chi connectivity index (χ4n) is 4.03. The highest BCUT2D eigenvalue weighted by Gasteiger charge is 2.39. The van der Waals surface area contributed by atoms with Crippen molar-refractivity contribution in [1.82, 2.24) is 5.32 Å². The van der Waals surface area contributed by atoms with Crippen LogP contribution >= 0.6 is 0 Å². The van der Waals surface area contributed by atoms with E-state index in [0.717, 1.165) is 17.5 Å². The molecule has 0 saturated carbocycles. The number of amides is 2. The summed E-state index contributed by atoms with van der Waals surface area (Å²) in [7, 11) is 0. The number of nitrogens with two attached hydrogens (primary N) is 1. The number of benzene rings is 3. The van der Waals surface area contributed by atoms with Gasteiger partial charge in [0.15, 0.2) is 0 Å². The van der Waals surface area contributed by atoms with Gasteiger partial charge in [-0.25, -0.2) is 0 Å². The largest absolute Gasteiger partial charge is 0.489 e. The molecule has 7 heteroatoms. The highest BCUT2D eigenvalue weighted by molar-refractivity contribution is 5.99. The van der Waals surface area contributed by atoms with Gasteiger partial charge in [-0.2, -0.15) is 0 Å². The van der Waals surface area contributed by atoms with Crippen molar-refractivity contribution >= 4 is 17.5 Å². The zero-order chi connectivity index (χ0) is 24.7. The SMILES string of the molecule is C[C@]1(C(=O)N[C@H](C(=O)Nc2cccc(CN)c2)c2ccc(OCc3ccccc3)cc2)CCCO1. The summed E-state index contributed by atoms with van der Waals surface area (Å²) >= 11 is 0. The third-order valence-electron chi connectivity index (χ3n) is 6.13. The maximum atomic E-state index is 13.3. The van der Waals surface area contributed by atoms with Crippen LogP contribution in [-0.2, 0) is 27.5 Å². The molecule has 7 nitrogen and oxygen atoms in total. The van der Waals surface area contributed by atoms with E-state index in [0.29, 0.717) is 43.2 Å². The first-order valence-electron chi connectivity index (χ1n) is 11.8. The monoisotopic (exact) mass is 473 g/mol. The van der Waals surface area contributed by atoms with Gasteiger partial charge < -0.3 is 25.8 Å². The molecular formula is C28H31N3O4. The molecule has 1 aliphatic heterocycles. The number of carbonyl (C=O) groups is 2. The van der Waals surface area contributed by atoms with Gasteiger partial charge in [-0.05, 0) is 60.7 Å². The van der Waals surface area contributed by atoms with E-state index in [4.69, 9.17) is 15.2 Å². The van der Waals surface area contributed by atoms with Gasteiger partial charge in [0, 0.05) is 18.8 Å². The van der Waals surface area contributed by atoms with Crippen molar-refractivity contribution < 1.29 is 19.1 Å². The normalized spacial score (nSPS) is 18.0. The van der Waals surface area contributed by atoms with Crippen molar-refractivity contribution in [3.63, 3.8) is 0 Å². The number of ether oxygens (including phenoxy) is 2. The zero-order valence-electron chi connectivity index (χ0n) is 19.8. The van der Waals surface area contributed by atoms with Crippen molar-refractivity contribution in [1.29, 1.82) is 0 Å². The number of carbonyl (C=O) groups excluding carboxylic acids is 2. The van der Waals surface area contributed by atoms with Gasteiger partial charge in [0.1, 0.15) is 24.0 Å². The zero-order valence-corrected chi connectivity index (χ0v) is 19.8. The summed E-state index contributed by atoms with van der Waals surface area (Å²) in [5, 5.41) is 5.80. The van der Waals surface area contributed by atoms with E-state index >= 15 is 0 Å². The molecule has 1 saturated heterocycles. The Balaban J connectivity index is 1.51. The van der Waals surface area contributed by atoms with Gasteiger partial charge >= 0.3 is 0 Å². The molecule has 0 bridgehead atoms. The highest BCUT2D eigenvalue weighted by Crippen LogP contribution is 2.27. The average molecular weight is 474 g/mol. The summed E-state index contributed by atoms with van der Waals surface area (Å²) in [6.07, 6.45) is 1.41. The summed E-state index contributed by atoms with van der Waals surface area (Å²) < 4.78 is 11.5. The molecular weight excluding hydrogens is 442 g/mol. The van der Waals surface area contributed by atoms with Crippen molar-refractivity contribution in [3.05, 3.63) is 95.6 Å². The standard InChI is InChI=1S/C28H31N3O4/c1-28(15-6-16-35-28)27(33)31-25(26(32)30-23-10-5-9-21(17-23)18-29)22-11-13-24(14-12-22)34-19-20-7-3-2-4-8-20/h2-5,7-14,17,25H,6,15-16,18-19,29H2,1H3,(H,30,32)(H,31,33)/t25-,28+/m0/s1. The van der Waals surface area contributed by atoms with E-state index in [-0.39, 0.29) is 11.8 Å².